The second kappa shape index (κ2) is 9.07. The van der Waals surface area contributed by atoms with E-state index < -0.39 is 0 Å². The van der Waals surface area contributed by atoms with Gasteiger partial charge in [0.2, 0.25) is 0 Å². The molecule has 0 amide bonds. The lowest BCUT2D eigenvalue weighted by Crippen LogP contribution is -2.65. The SMILES string of the molecule is CCCC1NC(NCc2ccc(C3CC(C)ON3)cc2)CNC1OC. The fourth-order valence-corrected chi connectivity index (χ4v) is 3.64. The van der Waals surface area contributed by atoms with E-state index in [1.165, 1.54) is 11.1 Å². The second-order valence-electron chi connectivity index (χ2n) is 7.14. The zero-order valence-electron chi connectivity index (χ0n) is 15.5. The molecule has 5 unspecified atom stereocenters. The molecule has 6 heteroatoms. The molecule has 2 heterocycles. The highest BCUT2D eigenvalue weighted by molar-refractivity contribution is 5.25. The molecule has 0 bridgehead atoms. The number of piperazine rings is 1. The van der Waals surface area contributed by atoms with Gasteiger partial charge in [0.05, 0.1) is 18.3 Å². The predicted octanol–water partition coefficient (Wildman–Crippen LogP) is 1.79. The van der Waals surface area contributed by atoms with Gasteiger partial charge in [-0.15, -0.1) is 0 Å². The number of nitrogens with one attached hydrogen (secondary N) is 4. The van der Waals surface area contributed by atoms with E-state index in [0.717, 1.165) is 32.4 Å². The zero-order chi connectivity index (χ0) is 17.6. The van der Waals surface area contributed by atoms with Crippen LogP contribution in [0.2, 0.25) is 0 Å². The van der Waals surface area contributed by atoms with Crippen LogP contribution in [0.1, 0.15) is 50.3 Å². The highest BCUT2D eigenvalue weighted by Crippen LogP contribution is 2.25. The summed E-state index contributed by atoms with van der Waals surface area (Å²) in [6.07, 6.45) is 3.91. The maximum Gasteiger partial charge on any atom is 0.123 e. The van der Waals surface area contributed by atoms with Gasteiger partial charge in [-0.05, 0) is 30.9 Å². The molecule has 1 aromatic rings. The lowest BCUT2D eigenvalue weighted by atomic mass is 10.0. The predicted molar refractivity (Wildman–Crippen MR) is 98.7 cm³/mol. The Kier molecular flexibility index (Phi) is 6.81. The summed E-state index contributed by atoms with van der Waals surface area (Å²) in [5.41, 5.74) is 5.69. The molecule has 0 saturated carbocycles. The Hall–Kier alpha value is -1.02. The van der Waals surface area contributed by atoms with Crippen molar-refractivity contribution in [1.29, 1.82) is 0 Å². The topological polar surface area (TPSA) is 66.6 Å². The van der Waals surface area contributed by atoms with E-state index in [1.54, 1.807) is 7.11 Å². The van der Waals surface area contributed by atoms with Gasteiger partial charge in [0, 0.05) is 26.2 Å². The normalized spacial score (nSPS) is 32.8. The molecule has 1 aromatic carbocycles. The summed E-state index contributed by atoms with van der Waals surface area (Å²) in [6, 6.07) is 9.45. The monoisotopic (exact) mass is 348 g/mol. The Labute approximate surface area is 151 Å². The molecule has 0 aliphatic carbocycles. The van der Waals surface area contributed by atoms with Gasteiger partial charge in [-0.1, -0.05) is 37.6 Å². The van der Waals surface area contributed by atoms with Crippen LogP contribution in [0.4, 0.5) is 0 Å². The fourth-order valence-electron chi connectivity index (χ4n) is 3.64. The van der Waals surface area contributed by atoms with E-state index in [0.29, 0.717) is 12.1 Å². The average Bonchev–Trinajstić information content (AvgIpc) is 3.07. The first-order chi connectivity index (χ1) is 12.2. The first-order valence-corrected chi connectivity index (χ1v) is 9.45. The van der Waals surface area contributed by atoms with Gasteiger partial charge < -0.3 is 4.74 Å². The van der Waals surface area contributed by atoms with Crippen molar-refractivity contribution in [2.24, 2.45) is 0 Å². The van der Waals surface area contributed by atoms with Crippen molar-refractivity contribution < 1.29 is 9.57 Å². The van der Waals surface area contributed by atoms with Crippen molar-refractivity contribution in [3.05, 3.63) is 35.4 Å². The van der Waals surface area contributed by atoms with Crippen LogP contribution < -0.4 is 21.4 Å². The van der Waals surface area contributed by atoms with E-state index in [-0.39, 0.29) is 18.5 Å². The Balaban J connectivity index is 1.48. The second-order valence-corrected chi connectivity index (χ2v) is 7.14. The number of benzene rings is 1. The van der Waals surface area contributed by atoms with Crippen LogP contribution in [0.5, 0.6) is 0 Å². The lowest BCUT2D eigenvalue weighted by Gasteiger charge is -2.38. The molecule has 5 atom stereocenters. The molecule has 3 rings (SSSR count). The van der Waals surface area contributed by atoms with Crippen LogP contribution in [0, 0.1) is 0 Å². The molecule has 0 aromatic heterocycles. The summed E-state index contributed by atoms with van der Waals surface area (Å²) >= 11 is 0. The summed E-state index contributed by atoms with van der Waals surface area (Å²) in [5.74, 6) is 0. The van der Waals surface area contributed by atoms with Crippen LogP contribution in [0.25, 0.3) is 0 Å². The Morgan fingerprint density at radius 1 is 1.28 bits per heavy atom. The van der Waals surface area contributed by atoms with Crippen molar-refractivity contribution in [3.63, 3.8) is 0 Å². The standard InChI is InChI=1S/C19H32N4O2/c1-4-5-16-19(24-3)21-12-18(22-16)20-11-14-6-8-15(9-7-14)17-10-13(2)25-23-17/h6-9,13,16-23H,4-5,10-12H2,1-3H3. The largest absolute Gasteiger partial charge is 0.365 e. The maximum atomic E-state index is 5.52. The van der Waals surface area contributed by atoms with Crippen molar-refractivity contribution in [2.45, 2.75) is 70.2 Å². The summed E-state index contributed by atoms with van der Waals surface area (Å²) in [5, 5.41) is 10.7. The molecule has 2 aliphatic rings. The minimum Gasteiger partial charge on any atom is -0.365 e. The van der Waals surface area contributed by atoms with Crippen LogP contribution in [0.15, 0.2) is 24.3 Å². The zero-order valence-corrected chi connectivity index (χ0v) is 15.5. The van der Waals surface area contributed by atoms with Crippen molar-refractivity contribution in [1.82, 2.24) is 21.4 Å². The average molecular weight is 348 g/mol. The van der Waals surface area contributed by atoms with Gasteiger partial charge >= 0.3 is 0 Å². The van der Waals surface area contributed by atoms with E-state index >= 15 is 0 Å². The van der Waals surface area contributed by atoms with Crippen molar-refractivity contribution in [3.8, 4) is 0 Å². The molecule has 0 radical (unpaired) electrons. The molecule has 25 heavy (non-hydrogen) atoms. The first-order valence-electron chi connectivity index (χ1n) is 9.45. The molecule has 2 aliphatic heterocycles. The van der Waals surface area contributed by atoms with Gasteiger partial charge in [0.25, 0.3) is 0 Å². The lowest BCUT2D eigenvalue weighted by molar-refractivity contribution is 0.0100. The van der Waals surface area contributed by atoms with Gasteiger partial charge in [0.1, 0.15) is 6.23 Å². The van der Waals surface area contributed by atoms with Crippen molar-refractivity contribution in [2.75, 3.05) is 13.7 Å². The minimum absolute atomic E-state index is 0.0980. The third-order valence-corrected chi connectivity index (χ3v) is 5.07. The summed E-state index contributed by atoms with van der Waals surface area (Å²) in [6.45, 7) is 6.01. The van der Waals surface area contributed by atoms with E-state index in [2.05, 4.69) is 59.5 Å². The third kappa shape index (κ3) is 5.00. The van der Waals surface area contributed by atoms with Crippen LogP contribution >= 0.6 is 0 Å². The van der Waals surface area contributed by atoms with Crippen LogP contribution in [0.3, 0.4) is 0 Å². The van der Waals surface area contributed by atoms with E-state index in [9.17, 15) is 0 Å². The number of hydroxylamine groups is 1. The Morgan fingerprint density at radius 3 is 2.72 bits per heavy atom. The van der Waals surface area contributed by atoms with E-state index in [1.807, 2.05) is 0 Å². The number of ether oxygens (including phenoxy) is 1. The number of hydrogen-bond donors (Lipinski definition) is 4. The van der Waals surface area contributed by atoms with Crippen LogP contribution in [-0.2, 0) is 16.1 Å². The summed E-state index contributed by atoms with van der Waals surface area (Å²) in [7, 11) is 1.77. The number of rotatable bonds is 7. The van der Waals surface area contributed by atoms with Gasteiger partial charge in [0.15, 0.2) is 0 Å². The van der Waals surface area contributed by atoms with Crippen LogP contribution in [-0.4, -0.2) is 38.2 Å². The quantitative estimate of drug-likeness (QED) is 0.603. The molecule has 140 valence electrons. The smallest absolute Gasteiger partial charge is 0.123 e. The van der Waals surface area contributed by atoms with Gasteiger partial charge in [-0.2, -0.15) is 5.48 Å². The molecule has 2 saturated heterocycles. The fraction of sp³-hybridized carbons (Fsp3) is 0.684. The number of hydrogen-bond acceptors (Lipinski definition) is 6. The summed E-state index contributed by atoms with van der Waals surface area (Å²) < 4.78 is 5.52. The molecule has 4 N–H and O–H groups in total. The first kappa shape index (κ1) is 18.8. The van der Waals surface area contributed by atoms with E-state index in [4.69, 9.17) is 9.57 Å². The Bertz CT molecular complexity index is 525. The maximum absolute atomic E-state index is 5.52. The minimum atomic E-state index is 0.0980. The Morgan fingerprint density at radius 2 is 2.08 bits per heavy atom. The third-order valence-electron chi connectivity index (χ3n) is 5.07. The van der Waals surface area contributed by atoms with Gasteiger partial charge in [-0.3, -0.25) is 20.8 Å². The van der Waals surface area contributed by atoms with Crippen molar-refractivity contribution >= 4 is 0 Å². The molecule has 0 spiro atoms. The number of methoxy groups -OCH3 is 1. The molecular formula is C19H32N4O2. The molecular weight excluding hydrogens is 316 g/mol. The highest BCUT2D eigenvalue weighted by Gasteiger charge is 2.28. The summed E-state index contributed by atoms with van der Waals surface area (Å²) in [4.78, 5) is 5.44. The highest BCUT2D eigenvalue weighted by atomic mass is 16.7. The van der Waals surface area contributed by atoms with Gasteiger partial charge in [-0.25, -0.2) is 0 Å². The molecule has 6 nitrogen and oxygen atoms in total. The molecule has 2 fully saturated rings.